The molecule has 1 unspecified atom stereocenters. The number of aromatic nitrogens is 1. The average molecular weight is 402 g/mol. The molecule has 6 nitrogen and oxygen atoms in total. The molecule has 1 atom stereocenters. The second kappa shape index (κ2) is 7.56. The first-order chi connectivity index (χ1) is 13.1. The van der Waals surface area contributed by atoms with Gasteiger partial charge in [-0.05, 0) is 69.0 Å². The van der Waals surface area contributed by atoms with Gasteiger partial charge in [0.2, 0.25) is 15.9 Å². The smallest absolute Gasteiger partial charge is 0.246 e. The number of nitrogens with zero attached hydrogens (tertiary/aromatic N) is 2. The van der Waals surface area contributed by atoms with Crippen molar-refractivity contribution in [1.29, 1.82) is 0 Å². The standard InChI is InChI=1S/C21H27N3O3S/c1-14-13-18(16(3)24(14)19-8-9-19)7-12-21(25)23(4)15(2)17-5-10-20(11-6-17)28(22,26)27/h5-7,10-13,15,19H,8-9H2,1-4H3,(H2,22,26,27). The molecule has 0 radical (unpaired) electrons. The van der Waals surface area contributed by atoms with Gasteiger partial charge in [0.1, 0.15) is 0 Å². The second-order valence-corrected chi connectivity index (χ2v) is 9.06. The molecule has 0 spiro atoms. The van der Waals surface area contributed by atoms with Crippen molar-refractivity contribution in [2.75, 3.05) is 7.05 Å². The van der Waals surface area contributed by atoms with Gasteiger partial charge >= 0.3 is 0 Å². The molecular weight excluding hydrogens is 374 g/mol. The monoisotopic (exact) mass is 401 g/mol. The summed E-state index contributed by atoms with van der Waals surface area (Å²) >= 11 is 0. The maximum atomic E-state index is 12.6. The fourth-order valence-electron chi connectivity index (χ4n) is 3.50. The molecule has 2 aromatic rings. The summed E-state index contributed by atoms with van der Waals surface area (Å²) in [7, 11) is -1.99. The topological polar surface area (TPSA) is 85.4 Å². The largest absolute Gasteiger partial charge is 0.346 e. The van der Waals surface area contributed by atoms with Crippen molar-refractivity contribution in [3.8, 4) is 0 Å². The molecule has 1 heterocycles. The van der Waals surface area contributed by atoms with Crippen LogP contribution >= 0.6 is 0 Å². The molecule has 1 fully saturated rings. The van der Waals surface area contributed by atoms with Crippen LogP contribution in [0.3, 0.4) is 0 Å². The number of nitrogens with two attached hydrogens (primary N) is 1. The average Bonchev–Trinajstić information content (AvgIpc) is 3.43. The van der Waals surface area contributed by atoms with Gasteiger partial charge in [0.25, 0.3) is 0 Å². The van der Waals surface area contributed by atoms with E-state index in [1.807, 2.05) is 13.0 Å². The fourth-order valence-corrected chi connectivity index (χ4v) is 4.01. The van der Waals surface area contributed by atoms with E-state index in [0.717, 1.165) is 11.1 Å². The molecule has 1 aromatic carbocycles. The number of rotatable bonds is 6. The molecule has 1 amide bonds. The van der Waals surface area contributed by atoms with Crippen LogP contribution in [-0.4, -0.2) is 30.8 Å². The molecule has 3 rings (SSSR count). The van der Waals surface area contributed by atoms with Gasteiger partial charge in [-0.15, -0.1) is 0 Å². The summed E-state index contributed by atoms with van der Waals surface area (Å²) in [5.41, 5.74) is 4.32. The lowest BCUT2D eigenvalue weighted by Crippen LogP contribution is -2.28. The number of amides is 1. The zero-order valence-corrected chi connectivity index (χ0v) is 17.5. The normalized spacial score (nSPS) is 15.8. The van der Waals surface area contributed by atoms with Crippen LogP contribution in [0, 0.1) is 13.8 Å². The van der Waals surface area contributed by atoms with E-state index in [-0.39, 0.29) is 16.8 Å². The van der Waals surface area contributed by atoms with E-state index in [9.17, 15) is 13.2 Å². The molecule has 2 N–H and O–H groups in total. The summed E-state index contributed by atoms with van der Waals surface area (Å²) in [6.07, 6.45) is 5.91. The summed E-state index contributed by atoms with van der Waals surface area (Å²) in [5.74, 6) is -0.112. The molecule has 1 aliphatic rings. The van der Waals surface area contributed by atoms with Crippen LogP contribution < -0.4 is 5.14 Å². The molecule has 0 bridgehead atoms. The Morgan fingerprint density at radius 2 is 1.86 bits per heavy atom. The molecule has 0 aliphatic heterocycles. The van der Waals surface area contributed by atoms with Crippen LogP contribution in [0.5, 0.6) is 0 Å². The fraction of sp³-hybridized carbons (Fsp3) is 0.381. The van der Waals surface area contributed by atoms with Crippen LogP contribution in [0.15, 0.2) is 41.3 Å². The van der Waals surface area contributed by atoms with Gasteiger partial charge < -0.3 is 9.47 Å². The number of carbonyl (C=O) groups excluding carboxylic acids is 1. The molecule has 7 heteroatoms. The Morgan fingerprint density at radius 1 is 1.25 bits per heavy atom. The van der Waals surface area contributed by atoms with Crippen LogP contribution in [0.4, 0.5) is 0 Å². The second-order valence-electron chi connectivity index (χ2n) is 7.50. The lowest BCUT2D eigenvalue weighted by Gasteiger charge is -2.24. The summed E-state index contributed by atoms with van der Waals surface area (Å²) < 4.78 is 25.1. The molecule has 1 aromatic heterocycles. The van der Waals surface area contributed by atoms with E-state index in [1.54, 1.807) is 30.2 Å². The first-order valence-corrected chi connectivity index (χ1v) is 10.9. The number of carbonyl (C=O) groups is 1. The highest BCUT2D eigenvalue weighted by atomic mass is 32.2. The summed E-state index contributed by atoms with van der Waals surface area (Å²) in [5, 5.41) is 5.13. The summed E-state index contributed by atoms with van der Waals surface area (Å²) in [6, 6.07) is 8.81. The zero-order valence-electron chi connectivity index (χ0n) is 16.7. The number of aryl methyl sites for hydroxylation is 1. The lowest BCUT2D eigenvalue weighted by molar-refractivity contribution is -0.126. The minimum Gasteiger partial charge on any atom is -0.346 e. The maximum Gasteiger partial charge on any atom is 0.246 e. The van der Waals surface area contributed by atoms with Crippen molar-refractivity contribution >= 4 is 22.0 Å². The minimum absolute atomic E-state index is 0.0587. The molecule has 0 saturated heterocycles. The Balaban J connectivity index is 1.72. The van der Waals surface area contributed by atoms with E-state index in [2.05, 4.69) is 24.5 Å². The third-order valence-electron chi connectivity index (χ3n) is 5.46. The Hall–Kier alpha value is -2.38. The Morgan fingerprint density at radius 3 is 2.39 bits per heavy atom. The van der Waals surface area contributed by atoms with Gasteiger partial charge in [-0.25, -0.2) is 13.6 Å². The van der Waals surface area contributed by atoms with Crippen LogP contribution in [0.2, 0.25) is 0 Å². The third-order valence-corrected chi connectivity index (χ3v) is 6.39. The van der Waals surface area contributed by atoms with Crippen LogP contribution in [0.1, 0.15) is 54.4 Å². The molecule has 150 valence electrons. The lowest BCUT2D eigenvalue weighted by atomic mass is 10.1. The van der Waals surface area contributed by atoms with Gasteiger partial charge in [-0.2, -0.15) is 0 Å². The van der Waals surface area contributed by atoms with Crippen LogP contribution in [0.25, 0.3) is 6.08 Å². The first-order valence-electron chi connectivity index (χ1n) is 9.35. The SMILES string of the molecule is Cc1cc(C=CC(=O)N(C)C(C)c2ccc(S(N)(=O)=O)cc2)c(C)n1C1CC1. The third kappa shape index (κ3) is 4.20. The highest BCUT2D eigenvalue weighted by Crippen LogP contribution is 2.38. The van der Waals surface area contributed by atoms with Crippen LogP contribution in [-0.2, 0) is 14.8 Å². The first kappa shape index (κ1) is 20.4. The van der Waals surface area contributed by atoms with Crippen molar-refractivity contribution in [1.82, 2.24) is 9.47 Å². The Kier molecular flexibility index (Phi) is 5.50. The summed E-state index contributed by atoms with van der Waals surface area (Å²) in [6.45, 7) is 6.09. The van der Waals surface area contributed by atoms with Gasteiger partial charge in [0.05, 0.1) is 10.9 Å². The number of likely N-dealkylation sites (N-methyl/N-ethyl adjacent to an activating group) is 1. The molecular formula is C21H27N3O3S. The molecule has 1 saturated carbocycles. The van der Waals surface area contributed by atoms with Crippen molar-refractivity contribution in [2.45, 2.75) is 50.6 Å². The number of sulfonamides is 1. The number of benzene rings is 1. The zero-order chi connectivity index (χ0) is 20.6. The van der Waals surface area contributed by atoms with E-state index in [1.165, 1.54) is 36.4 Å². The molecule has 28 heavy (non-hydrogen) atoms. The minimum atomic E-state index is -3.72. The van der Waals surface area contributed by atoms with E-state index >= 15 is 0 Å². The van der Waals surface area contributed by atoms with Gasteiger partial charge in [-0.3, -0.25) is 4.79 Å². The predicted molar refractivity (Wildman–Crippen MR) is 110 cm³/mol. The highest BCUT2D eigenvalue weighted by Gasteiger charge is 2.26. The number of primary sulfonamides is 1. The van der Waals surface area contributed by atoms with E-state index < -0.39 is 10.0 Å². The Labute approximate surface area is 166 Å². The van der Waals surface area contributed by atoms with Crippen molar-refractivity contribution < 1.29 is 13.2 Å². The maximum absolute atomic E-state index is 12.6. The van der Waals surface area contributed by atoms with Gasteiger partial charge in [0.15, 0.2) is 0 Å². The number of hydrogen-bond donors (Lipinski definition) is 1. The molecule has 1 aliphatic carbocycles. The van der Waals surface area contributed by atoms with Gasteiger partial charge in [-0.1, -0.05) is 12.1 Å². The Bertz CT molecular complexity index is 1020. The summed E-state index contributed by atoms with van der Waals surface area (Å²) in [4.78, 5) is 14.3. The van der Waals surface area contributed by atoms with Crippen molar-refractivity contribution in [2.24, 2.45) is 5.14 Å². The quantitative estimate of drug-likeness (QED) is 0.754. The van der Waals surface area contributed by atoms with Crippen molar-refractivity contribution in [3.05, 3.63) is 58.9 Å². The van der Waals surface area contributed by atoms with Gasteiger partial charge in [0, 0.05) is 30.6 Å². The van der Waals surface area contributed by atoms with Crippen molar-refractivity contribution in [3.63, 3.8) is 0 Å². The highest BCUT2D eigenvalue weighted by molar-refractivity contribution is 7.89. The predicted octanol–water partition coefficient (Wildman–Crippen LogP) is 3.32. The van der Waals surface area contributed by atoms with E-state index in [4.69, 9.17) is 5.14 Å². The number of hydrogen-bond acceptors (Lipinski definition) is 3. The van der Waals surface area contributed by atoms with E-state index in [0.29, 0.717) is 6.04 Å².